The zero-order chi connectivity index (χ0) is 15.2. The van der Waals surface area contributed by atoms with Gasteiger partial charge in [0.2, 0.25) is 0 Å². The molecule has 1 atom stereocenters. The van der Waals surface area contributed by atoms with Crippen LogP contribution < -0.4 is 10.1 Å². The summed E-state index contributed by atoms with van der Waals surface area (Å²) in [7, 11) is 0. The highest BCUT2D eigenvalue weighted by Crippen LogP contribution is 2.25. The van der Waals surface area contributed by atoms with E-state index in [0.29, 0.717) is 6.54 Å². The second kappa shape index (κ2) is 7.82. The van der Waals surface area contributed by atoms with Crippen molar-refractivity contribution >= 4 is 37.5 Å². The van der Waals surface area contributed by atoms with Crippen LogP contribution in [0.4, 0.5) is 5.69 Å². The zero-order valence-electron chi connectivity index (χ0n) is 11.6. The number of hydrogen-bond donors (Lipinski definition) is 2. The van der Waals surface area contributed by atoms with Crippen molar-refractivity contribution in [2.24, 2.45) is 0 Å². The molecule has 1 unspecified atom stereocenters. The van der Waals surface area contributed by atoms with Gasteiger partial charge in [0.1, 0.15) is 18.5 Å². The smallest absolute Gasteiger partial charge is 0.133 e. The highest BCUT2D eigenvalue weighted by atomic mass is 79.9. The van der Waals surface area contributed by atoms with E-state index in [0.717, 1.165) is 25.9 Å². The van der Waals surface area contributed by atoms with E-state index in [9.17, 15) is 5.11 Å². The lowest BCUT2D eigenvalue weighted by molar-refractivity contribution is 0.117. The fraction of sp³-hybridized carbons (Fsp3) is 0.250. The van der Waals surface area contributed by atoms with Gasteiger partial charge in [-0.1, -0.05) is 22.0 Å². The lowest BCUT2D eigenvalue weighted by Gasteiger charge is -2.15. The average Bonchev–Trinajstić information content (AvgIpc) is 2.46. The number of aliphatic hydroxyl groups excluding tert-OH is 1. The molecule has 112 valence electrons. The predicted octanol–water partition coefficient (Wildman–Crippen LogP) is 4.37. The van der Waals surface area contributed by atoms with Crippen LogP contribution in [0.15, 0.2) is 51.4 Å². The van der Waals surface area contributed by atoms with Crippen molar-refractivity contribution in [2.75, 3.05) is 18.5 Å². The maximum atomic E-state index is 9.96. The monoisotopic (exact) mass is 413 g/mol. The van der Waals surface area contributed by atoms with Crippen LogP contribution in [0.3, 0.4) is 0 Å². The molecule has 0 aliphatic rings. The maximum absolute atomic E-state index is 9.96. The minimum absolute atomic E-state index is 0.241. The number of aryl methyl sites for hydroxylation is 1. The van der Waals surface area contributed by atoms with E-state index >= 15 is 0 Å². The molecule has 2 rings (SSSR count). The van der Waals surface area contributed by atoms with E-state index in [4.69, 9.17) is 4.74 Å². The van der Waals surface area contributed by atoms with Crippen molar-refractivity contribution in [1.29, 1.82) is 0 Å². The molecule has 0 amide bonds. The van der Waals surface area contributed by atoms with E-state index in [1.807, 2.05) is 49.4 Å². The molecule has 0 saturated heterocycles. The maximum Gasteiger partial charge on any atom is 0.133 e. The van der Waals surface area contributed by atoms with E-state index in [1.165, 1.54) is 0 Å². The second-order valence-electron chi connectivity index (χ2n) is 4.79. The van der Waals surface area contributed by atoms with Gasteiger partial charge in [-0.25, -0.2) is 0 Å². The van der Waals surface area contributed by atoms with Crippen LogP contribution in [-0.4, -0.2) is 24.4 Å². The molecular weight excluding hydrogens is 398 g/mol. The van der Waals surface area contributed by atoms with Gasteiger partial charge in [0.05, 0.1) is 4.47 Å². The van der Waals surface area contributed by atoms with E-state index < -0.39 is 6.10 Å². The molecule has 0 radical (unpaired) electrons. The first-order valence-corrected chi connectivity index (χ1v) is 8.19. The minimum atomic E-state index is -0.582. The summed E-state index contributed by atoms with van der Waals surface area (Å²) in [5.74, 6) is 0.739. The molecule has 21 heavy (non-hydrogen) atoms. The van der Waals surface area contributed by atoms with Crippen LogP contribution in [-0.2, 0) is 0 Å². The summed E-state index contributed by atoms with van der Waals surface area (Å²) in [4.78, 5) is 0. The fourth-order valence-corrected chi connectivity index (χ4v) is 2.64. The lowest BCUT2D eigenvalue weighted by Crippen LogP contribution is -2.26. The second-order valence-corrected chi connectivity index (χ2v) is 6.56. The minimum Gasteiger partial charge on any atom is -0.490 e. The van der Waals surface area contributed by atoms with Gasteiger partial charge in [0, 0.05) is 16.7 Å². The lowest BCUT2D eigenvalue weighted by atomic mass is 10.2. The molecule has 2 aromatic rings. The first-order valence-electron chi connectivity index (χ1n) is 6.61. The molecule has 0 heterocycles. The Morgan fingerprint density at radius 3 is 2.52 bits per heavy atom. The van der Waals surface area contributed by atoms with E-state index in [2.05, 4.69) is 37.2 Å². The Morgan fingerprint density at radius 2 is 1.86 bits per heavy atom. The summed E-state index contributed by atoms with van der Waals surface area (Å²) in [6.07, 6.45) is -0.582. The molecular formula is C16H17Br2NO2. The number of nitrogens with one attached hydrogen (secondary N) is 1. The predicted molar refractivity (Wildman–Crippen MR) is 93.0 cm³/mol. The summed E-state index contributed by atoms with van der Waals surface area (Å²) in [6, 6.07) is 13.7. The highest BCUT2D eigenvalue weighted by Gasteiger charge is 2.07. The van der Waals surface area contributed by atoms with Gasteiger partial charge in [-0.05, 0) is 64.8 Å². The number of halogens is 2. The van der Waals surface area contributed by atoms with Crippen LogP contribution in [0.25, 0.3) is 0 Å². The van der Waals surface area contributed by atoms with Crippen LogP contribution >= 0.6 is 31.9 Å². The molecule has 0 aliphatic heterocycles. The first-order chi connectivity index (χ1) is 10.0. The topological polar surface area (TPSA) is 41.5 Å². The van der Waals surface area contributed by atoms with Crippen molar-refractivity contribution in [3.05, 3.63) is 57.0 Å². The van der Waals surface area contributed by atoms with E-state index in [-0.39, 0.29) is 6.61 Å². The van der Waals surface area contributed by atoms with Crippen molar-refractivity contribution in [1.82, 2.24) is 0 Å². The molecule has 0 spiro atoms. The number of ether oxygens (including phenoxy) is 1. The molecule has 2 N–H and O–H groups in total. The third kappa shape index (κ3) is 5.34. The van der Waals surface area contributed by atoms with Gasteiger partial charge in [0.25, 0.3) is 0 Å². The Labute approximate surface area is 141 Å². The normalized spacial score (nSPS) is 12.0. The summed E-state index contributed by atoms with van der Waals surface area (Å²) >= 11 is 6.84. The number of hydrogen-bond acceptors (Lipinski definition) is 3. The van der Waals surface area contributed by atoms with Crippen molar-refractivity contribution in [2.45, 2.75) is 13.0 Å². The van der Waals surface area contributed by atoms with Crippen molar-refractivity contribution < 1.29 is 9.84 Å². The quantitative estimate of drug-likeness (QED) is 0.737. The van der Waals surface area contributed by atoms with Crippen molar-refractivity contribution in [3.63, 3.8) is 0 Å². The number of aliphatic hydroxyl groups is 1. The number of anilines is 1. The van der Waals surface area contributed by atoms with Crippen LogP contribution in [0.5, 0.6) is 5.75 Å². The molecule has 0 aliphatic carbocycles. The first kappa shape index (κ1) is 16.3. The molecule has 0 bridgehead atoms. The van der Waals surface area contributed by atoms with E-state index in [1.54, 1.807) is 0 Å². The fourth-order valence-electron chi connectivity index (χ4n) is 1.77. The number of rotatable bonds is 6. The third-order valence-electron chi connectivity index (χ3n) is 2.90. The highest BCUT2D eigenvalue weighted by molar-refractivity contribution is 9.10. The van der Waals surface area contributed by atoms with Gasteiger partial charge in [-0.15, -0.1) is 0 Å². The Hall–Kier alpha value is -1.04. The van der Waals surface area contributed by atoms with Gasteiger partial charge in [-0.3, -0.25) is 0 Å². The summed E-state index contributed by atoms with van der Waals surface area (Å²) in [6.45, 7) is 2.70. The Morgan fingerprint density at radius 1 is 1.14 bits per heavy atom. The molecule has 0 saturated carbocycles. The van der Waals surface area contributed by atoms with Gasteiger partial charge in [0.15, 0.2) is 0 Å². The summed E-state index contributed by atoms with van der Waals surface area (Å²) in [5, 5.41) is 13.1. The number of benzene rings is 2. The summed E-state index contributed by atoms with van der Waals surface area (Å²) in [5.41, 5.74) is 2.13. The third-order valence-corrected chi connectivity index (χ3v) is 4.05. The summed E-state index contributed by atoms with van der Waals surface area (Å²) < 4.78 is 7.54. The van der Waals surface area contributed by atoms with Crippen molar-refractivity contribution in [3.8, 4) is 5.75 Å². The van der Waals surface area contributed by atoms with Gasteiger partial charge in [-0.2, -0.15) is 0 Å². The standard InChI is InChI=1S/C16H17Br2NO2/c1-11-2-7-16(15(18)8-11)21-10-14(20)9-19-13-5-3-12(17)4-6-13/h2-8,14,19-20H,9-10H2,1H3. The molecule has 0 aromatic heterocycles. The van der Waals surface area contributed by atoms with Gasteiger partial charge < -0.3 is 15.2 Å². The molecule has 2 aromatic carbocycles. The Bertz CT molecular complexity index is 587. The SMILES string of the molecule is Cc1ccc(OCC(O)CNc2ccc(Br)cc2)c(Br)c1. The zero-order valence-corrected chi connectivity index (χ0v) is 14.8. The largest absolute Gasteiger partial charge is 0.490 e. The Kier molecular flexibility index (Phi) is 6.08. The van der Waals surface area contributed by atoms with Crippen LogP contribution in [0.1, 0.15) is 5.56 Å². The van der Waals surface area contributed by atoms with Crippen LogP contribution in [0, 0.1) is 6.92 Å². The Balaban J connectivity index is 1.79. The van der Waals surface area contributed by atoms with Gasteiger partial charge >= 0.3 is 0 Å². The van der Waals surface area contributed by atoms with Crippen LogP contribution in [0.2, 0.25) is 0 Å². The molecule has 0 fully saturated rings. The average molecular weight is 415 g/mol. The molecule has 3 nitrogen and oxygen atoms in total. The molecule has 5 heteroatoms.